The number of carbonyl (C=O) groups is 3. The third-order valence-electron chi connectivity index (χ3n) is 3.97. The van der Waals surface area contributed by atoms with Crippen molar-refractivity contribution in [2.75, 3.05) is 5.32 Å². The standard InChI is InChI=1S/C21H18N4O3/c22-19(26)14-7-9-15(10-8-14)21(28)25-17-6-3-4-16(12-17)20(27)24-13-18-5-1-2-11-23-18/h1-12H,13H2,(H2,22,26)(H,24,27)(H,25,28). The molecule has 7 nitrogen and oxygen atoms in total. The monoisotopic (exact) mass is 374 g/mol. The molecule has 0 saturated heterocycles. The van der Waals surface area contributed by atoms with Gasteiger partial charge in [-0.15, -0.1) is 0 Å². The van der Waals surface area contributed by atoms with Crippen molar-refractivity contribution in [1.82, 2.24) is 10.3 Å². The number of amides is 3. The first-order valence-corrected chi connectivity index (χ1v) is 8.52. The van der Waals surface area contributed by atoms with Crippen molar-refractivity contribution in [3.05, 3.63) is 95.3 Å². The second kappa shape index (κ2) is 8.59. The molecule has 0 aliphatic carbocycles. The van der Waals surface area contributed by atoms with Crippen LogP contribution in [0.1, 0.15) is 36.8 Å². The van der Waals surface area contributed by atoms with Crippen molar-refractivity contribution < 1.29 is 14.4 Å². The predicted octanol–water partition coefficient (Wildman–Crippen LogP) is 2.36. The zero-order valence-electron chi connectivity index (χ0n) is 14.9. The molecule has 3 aromatic rings. The van der Waals surface area contributed by atoms with Crippen molar-refractivity contribution >= 4 is 23.4 Å². The summed E-state index contributed by atoms with van der Waals surface area (Å²) in [5.41, 5.74) is 7.53. The van der Waals surface area contributed by atoms with Crippen LogP contribution in [-0.2, 0) is 6.54 Å². The number of rotatable bonds is 6. The summed E-state index contributed by atoms with van der Waals surface area (Å²) in [6, 6.07) is 18.1. The van der Waals surface area contributed by atoms with Gasteiger partial charge in [0.15, 0.2) is 0 Å². The van der Waals surface area contributed by atoms with Gasteiger partial charge in [-0.2, -0.15) is 0 Å². The van der Waals surface area contributed by atoms with Crippen molar-refractivity contribution in [2.45, 2.75) is 6.54 Å². The summed E-state index contributed by atoms with van der Waals surface area (Å²) in [4.78, 5) is 39.9. The van der Waals surface area contributed by atoms with Crippen LogP contribution in [0.5, 0.6) is 0 Å². The van der Waals surface area contributed by atoms with E-state index in [1.165, 1.54) is 24.3 Å². The first-order valence-electron chi connectivity index (χ1n) is 8.52. The van der Waals surface area contributed by atoms with E-state index in [0.29, 0.717) is 28.9 Å². The largest absolute Gasteiger partial charge is 0.366 e. The third-order valence-corrected chi connectivity index (χ3v) is 3.97. The number of carbonyl (C=O) groups excluding carboxylic acids is 3. The van der Waals surface area contributed by atoms with Gasteiger partial charge >= 0.3 is 0 Å². The summed E-state index contributed by atoms with van der Waals surface area (Å²) in [5, 5.41) is 5.51. The van der Waals surface area contributed by atoms with Crippen molar-refractivity contribution in [3.8, 4) is 0 Å². The molecular formula is C21H18N4O3. The van der Waals surface area contributed by atoms with E-state index in [1.54, 1.807) is 36.5 Å². The lowest BCUT2D eigenvalue weighted by atomic mass is 10.1. The lowest BCUT2D eigenvalue weighted by Crippen LogP contribution is -2.23. The maximum absolute atomic E-state index is 12.4. The van der Waals surface area contributed by atoms with Crippen LogP contribution in [0.3, 0.4) is 0 Å². The maximum atomic E-state index is 12.4. The summed E-state index contributed by atoms with van der Waals surface area (Å²) in [6.45, 7) is 0.308. The molecule has 0 saturated carbocycles. The highest BCUT2D eigenvalue weighted by molar-refractivity contribution is 6.05. The highest BCUT2D eigenvalue weighted by atomic mass is 16.2. The number of anilines is 1. The molecule has 0 fully saturated rings. The van der Waals surface area contributed by atoms with E-state index in [4.69, 9.17) is 5.73 Å². The highest BCUT2D eigenvalue weighted by Gasteiger charge is 2.10. The zero-order valence-corrected chi connectivity index (χ0v) is 14.9. The summed E-state index contributed by atoms with van der Waals surface area (Å²) in [5.74, 6) is -1.19. The minimum Gasteiger partial charge on any atom is -0.366 e. The lowest BCUT2D eigenvalue weighted by Gasteiger charge is -2.09. The molecule has 0 spiro atoms. The highest BCUT2D eigenvalue weighted by Crippen LogP contribution is 2.13. The Kier molecular flexibility index (Phi) is 5.76. The van der Waals surface area contributed by atoms with Gasteiger partial charge in [0.2, 0.25) is 5.91 Å². The molecule has 0 atom stereocenters. The topological polar surface area (TPSA) is 114 Å². The Balaban J connectivity index is 1.64. The van der Waals surface area contributed by atoms with Gasteiger partial charge in [0, 0.05) is 28.6 Å². The molecule has 0 unspecified atom stereocenters. The number of aromatic nitrogens is 1. The number of pyridine rings is 1. The Labute approximate surface area is 161 Å². The Morgan fingerprint density at radius 3 is 2.25 bits per heavy atom. The van der Waals surface area contributed by atoms with Crippen molar-refractivity contribution in [1.29, 1.82) is 0 Å². The molecule has 0 radical (unpaired) electrons. The number of nitrogens with one attached hydrogen (secondary N) is 2. The van der Waals surface area contributed by atoms with Gasteiger partial charge in [0.05, 0.1) is 12.2 Å². The molecular weight excluding hydrogens is 356 g/mol. The molecule has 28 heavy (non-hydrogen) atoms. The van der Waals surface area contributed by atoms with E-state index < -0.39 is 5.91 Å². The molecule has 4 N–H and O–H groups in total. The number of hydrogen-bond acceptors (Lipinski definition) is 4. The van der Waals surface area contributed by atoms with Gasteiger partial charge < -0.3 is 16.4 Å². The summed E-state index contributed by atoms with van der Waals surface area (Å²) < 4.78 is 0. The normalized spacial score (nSPS) is 10.1. The van der Waals surface area contributed by atoms with E-state index in [0.717, 1.165) is 5.69 Å². The van der Waals surface area contributed by atoms with E-state index >= 15 is 0 Å². The smallest absolute Gasteiger partial charge is 0.255 e. The summed E-state index contributed by atoms with van der Waals surface area (Å²) in [6.07, 6.45) is 1.66. The fourth-order valence-corrected chi connectivity index (χ4v) is 2.50. The molecule has 1 heterocycles. The van der Waals surface area contributed by atoms with Gasteiger partial charge in [-0.25, -0.2) is 0 Å². The van der Waals surface area contributed by atoms with Crippen LogP contribution >= 0.6 is 0 Å². The molecule has 140 valence electrons. The van der Waals surface area contributed by atoms with Gasteiger partial charge in [0.25, 0.3) is 11.8 Å². The summed E-state index contributed by atoms with van der Waals surface area (Å²) in [7, 11) is 0. The number of primary amides is 1. The Morgan fingerprint density at radius 1 is 0.821 bits per heavy atom. The van der Waals surface area contributed by atoms with E-state index in [1.807, 2.05) is 12.1 Å². The summed E-state index contributed by atoms with van der Waals surface area (Å²) >= 11 is 0. The predicted molar refractivity (Wildman–Crippen MR) is 105 cm³/mol. The van der Waals surface area contributed by atoms with Crippen LogP contribution in [0.25, 0.3) is 0 Å². The molecule has 1 aromatic heterocycles. The fourth-order valence-electron chi connectivity index (χ4n) is 2.50. The molecule has 0 bridgehead atoms. The fraction of sp³-hybridized carbons (Fsp3) is 0.0476. The van der Waals surface area contributed by atoms with E-state index in [-0.39, 0.29) is 11.8 Å². The maximum Gasteiger partial charge on any atom is 0.255 e. The molecule has 0 aliphatic rings. The number of hydrogen-bond donors (Lipinski definition) is 3. The van der Waals surface area contributed by atoms with Gasteiger partial charge in [0.1, 0.15) is 0 Å². The average Bonchev–Trinajstić information content (AvgIpc) is 2.73. The van der Waals surface area contributed by atoms with E-state index in [9.17, 15) is 14.4 Å². The quantitative estimate of drug-likeness (QED) is 0.614. The van der Waals surface area contributed by atoms with Gasteiger partial charge in [-0.05, 0) is 54.6 Å². The Bertz CT molecular complexity index is 1000. The van der Waals surface area contributed by atoms with Crippen molar-refractivity contribution in [2.24, 2.45) is 5.73 Å². The first-order chi connectivity index (χ1) is 13.5. The van der Waals surface area contributed by atoms with Crippen LogP contribution in [0, 0.1) is 0 Å². The molecule has 7 heteroatoms. The zero-order chi connectivity index (χ0) is 19.9. The van der Waals surface area contributed by atoms with Crippen LogP contribution in [0.15, 0.2) is 72.9 Å². The van der Waals surface area contributed by atoms with Crippen LogP contribution < -0.4 is 16.4 Å². The third kappa shape index (κ3) is 4.79. The van der Waals surface area contributed by atoms with Crippen LogP contribution in [0.2, 0.25) is 0 Å². The minimum absolute atomic E-state index is 0.271. The van der Waals surface area contributed by atoms with Crippen LogP contribution in [0.4, 0.5) is 5.69 Å². The van der Waals surface area contributed by atoms with E-state index in [2.05, 4.69) is 15.6 Å². The number of benzene rings is 2. The van der Waals surface area contributed by atoms with Gasteiger partial charge in [-0.3, -0.25) is 19.4 Å². The molecule has 2 aromatic carbocycles. The lowest BCUT2D eigenvalue weighted by molar-refractivity contribution is 0.0948. The molecule has 0 aliphatic heterocycles. The average molecular weight is 374 g/mol. The Hall–Kier alpha value is -4.00. The van der Waals surface area contributed by atoms with Crippen LogP contribution in [-0.4, -0.2) is 22.7 Å². The first kappa shape index (κ1) is 18.8. The molecule has 3 amide bonds. The second-order valence-corrected chi connectivity index (χ2v) is 5.98. The number of nitrogens with zero attached hydrogens (tertiary/aromatic N) is 1. The second-order valence-electron chi connectivity index (χ2n) is 5.98. The SMILES string of the molecule is NC(=O)c1ccc(C(=O)Nc2cccc(C(=O)NCc3ccccn3)c2)cc1. The minimum atomic E-state index is -0.559. The van der Waals surface area contributed by atoms with Gasteiger partial charge in [-0.1, -0.05) is 12.1 Å². The van der Waals surface area contributed by atoms with Crippen molar-refractivity contribution in [3.63, 3.8) is 0 Å². The Morgan fingerprint density at radius 2 is 1.57 bits per heavy atom. The molecule has 3 rings (SSSR count). The number of nitrogens with two attached hydrogens (primary N) is 1.